The summed E-state index contributed by atoms with van der Waals surface area (Å²) in [5.74, 6) is -0.0764. The second-order valence-corrected chi connectivity index (χ2v) is 5.02. The molecule has 0 saturated heterocycles. The highest BCUT2D eigenvalue weighted by molar-refractivity contribution is 5.91. The third-order valence-electron chi connectivity index (χ3n) is 2.83. The number of nitro groups is 1. The van der Waals surface area contributed by atoms with E-state index in [4.69, 9.17) is 0 Å². The maximum absolute atomic E-state index is 11.8. The quantitative estimate of drug-likeness (QED) is 0.456. The Hall–Kier alpha value is -1.95. The minimum absolute atomic E-state index is 0.0293. The molecule has 6 heteroatoms. The van der Waals surface area contributed by atoms with Gasteiger partial charge in [-0.1, -0.05) is 13.8 Å². The van der Waals surface area contributed by atoms with Gasteiger partial charge in [-0.25, -0.2) is 0 Å². The number of hydrogen-bond acceptors (Lipinski definition) is 4. The molecule has 20 heavy (non-hydrogen) atoms. The molecule has 0 saturated carbocycles. The van der Waals surface area contributed by atoms with E-state index in [9.17, 15) is 14.9 Å². The maximum atomic E-state index is 11.8. The molecule has 0 heterocycles. The van der Waals surface area contributed by atoms with Gasteiger partial charge in [0.2, 0.25) is 5.91 Å². The Kier molecular flexibility index (Phi) is 6.11. The number of hydrogen-bond donors (Lipinski definition) is 2. The Morgan fingerprint density at radius 3 is 2.65 bits per heavy atom. The highest BCUT2D eigenvalue weighted by Crippen LogP contribution is 2.21. The number of anilines is 1. The van der Waals surface area contributed by atoms with Gasteiger partial charge in [0.05, 0.1) is 4.92 Å². The van der Waals surface area contributed by atoms with Crippen molar-refractivity contribution in [2.24, 2.45) is 0 Å². The lowest BCUT2D eigenvalue weighted by atomic mass is 10.1. The summed E-state index contributed by atoms with van der Waals surface area (Å²) in [5.41, 5.74) is 1.34. The lowest BCUT2D eigenvalue weighted by Gasteiger charge is -2.09. The van der Waals surface area contributed by atoms with Crippen molar-refractivity contribution in [2.75, 3.05) is 11.9 Å². The van der Waals surface area contributed by atoms with Gasteiger partial charge in [0, 0.05) is 30.3 Å². The molecule has 0 bridgehead atoms. The first kappa shape index (κ1) is 16.1. The first-order chi connectivity index (χ1) is 9.40. The van der Waals surface area contributed by atoms with Gasteiger partial charge in [-0.15, -0.1) is 0 Å². The largest absolute Gasteiger partial charge is 0.326 e. The van der Waals surface area contributed by atoms with Gasteiger partial charge in [-0.05, 0) is 31.5 Å². The number of nitrogens with one attached hydrogen (secondary N) is 2. The minimum Gasteiger partial charge on any atom is -0.326 e. The van der Waals surface area contributed by atoms with Crippen LogP contribution in [0.2, 0.25) is 0 Å². The van der Waals surface area contributed by atoms with Crippen molar-refractivity contribution in [1.82, 2.24) is 5.32 Å². The van der Waals surface area contributed by atoms with Gasteiger partial charge in [-0.2, -0.15) is 0 Å². The summed E-state index contributed by atoms with van der Waals surface area (Å²) >= 11 is 0. The van der Waals surface area contributed by atoms with Crippen LogP contribution in [0, 0.1) is 17.0 Å². The van der Waals surface area contributed by atoms with E-state index in [1.54, 1.807) is 13.0 Å². The fourth-order valence-corrected chi connectivity index (χ4v) is 1.75. The number of rotatable bonds is 7. The lowest BCUT2D eigenvalue weighted by Crippen LogP contribution is -2.24. The van der Waals surface area contributed by atoms with E-state index in [2.05, 4.69) is 24.5 Å². The summed E-state index contributed by atoms with van der Waals surface area (Å²) < 4.78 is 0. The Morgan fingerprint density at radius 1 is 1.40 bits per heavy atom. The Labute approximate surface area is 118 Å². The van der Waals surface area contributed by atoms with E-state index >= 15 is 0 Å². The fraction of sp³-hybridized carbons (Fsp3) is 0.500. The Balaban J connectivity index is 2.48. The Morgan fingerprint density at radius 2 is 2.10 bits per heavy atom. The number of amides is 1. The van der Waals surface area contributed by atoms with Crippen molar-refractivity contribution >= 4 is 17.3 Å². The van der Waals surface area contributed by atoms with Gasteiger partial charge in [0.15, 0.2) is 0 Å². The summed E-state index contributed by atoms with van der Waals surface area (Å²) in [7, 11) is 0. The van der Waals surface area contributed by atoms with Crippen molar-refractivity contribution in [3.8, 4) is 0 Å². The Bertz CT molecular complexity index is 487. The molecule has 6 nitrogen and oxygen atoms in total. The molecular formula is C14H21N3O3. The summed E-state index contributed by atoms with van der Waals surface area (Å²) in [6.07, 6.45) is 1.19. The first-order valence-corrected chi connectivity index (χ1v) is 6.68. The molecule has 0 aliphatic rings. The average molecular weight is 279 g/mol. The summed E-state index contributed by atoms with van der Waals surface area (Å²) in [6, 6.07) is 4.83. The van der Waals surface area contributed by atoms with Crippen LogP contribution >= 0.6 is 0 Å². The van der Waals surface area contributed by atoms with Gasteiger partial charge in [-0.3, -0.25) is 14.9 Å². The van der Waals surface area contributed by atoms with E-state index in [1.165, 1.54) is 12.1 Å². The topological polar surface area (TPSA) is 84.3 Å². The molecule has 1 aromatic carbocycles. The number of aryl methyl sites for hydroxylation is 1. The van der Waals surface area contributed by atoms with Crippen molar-refractivity contribution in [2.45, 2.75) is 39.7 Å². The van der Waals surface area contributed by atoms with Crippen LogP contribution in [0.3, 0.4) is 0 Å². The van der Waals surface area contributed by atoms with Crippen molar-refractivity contribution < 1.29 is 9.72 Å². The zero-order chi connectivity index (χ0) is 15.1. The van der Waals surface area contributed by atoms with Crippen LogP contribution in [0.5, 0.6) is 0 Å². The molecule has 0 aliphatic carbocycles. The van der Waals surface area contributed by atoms with Crippen LogP contribution in [-0.4, -0.2) is 23.4 Å². The smallest absolute Gasteiger partial charge is 0.269 e. The SMILES string of the molecule is Cc1cc([N+](=O)[O-])ccc1NC(=O)CCCNC(C)C. The highest BCUT2D eigenvalue weighted by Gasteiger charge is 2.10. The predicted octanol–water partition coefficient (Wildman–Crippen LogP) is 2.62. The summed E-state index contributed by atoms with van der Waals surface area (Å²) in [5, 5.41) is 16.6. The molecule has 2 N–H and O–H groups in total. The van der Waals surface area contributed by atoms with Gasteiger partial charge in [0.25, 0.3) is 5.69 Å². The summed E-state index contributed by atoms with van der Waals surface area (Å²) in [4.78, 5) is 21.9. The zero-order valence-electron chi connectivity index (χ0n) is 12.1. The lowest BCUT2D eigenvalue weighted by molar-refractivity contribution is -0.384. The van der Waals surface area contributed by atoms with E-state index in [1.807, 2.05) is 0 Å². The predicted molar refractivity (Wildman–Crippen MR) is 78.8 cm³/mol. The molecular weight excluding hydrogens is 258 g/mol. The van der Waals surface area contributed by atoms with E-state index in [0.717, 1.165) is 13.0 Å². The van der Waals surface area contributed by atoms with Crippen LogP contribution in [0.4, 0.5) is 11.4 Å². The van der Waals surface area contributed by atoms with Gasteiger partial charge >= 0.3 is 0 Å². The average Bonchev–Trinajstić information content (AvgIpc) is 2.36. The number of benzene rings is 1. The molecule has 1 amide bonds. The molecule has 0 fully saturated rings. The molecule has 0 aliphatic heterocycles. The number of nitrogens with zero attached hydrogens (tertiary/aromatic N) is 1. The standard InChI is InChI=1S/C14H21N3O3/c1-10(2)15-8-4-5-14(18)16-13-7-6-12(17(19)20)9-11(13)3/h6-7,9-10,15H,4-5,8H2,1-3H3,(H,16,18). The second kappa shape index (κ2) is 7.59. The third kappa shape index (κ3) is 5.36. The number of carbonyl (C=O) groups is 1. The molecule has 110 valence electrons. The molecule has 1 aromatic rings. The maximum Gasteiger partial charge on any atom is 0.269 e. The van der Waals surface area contributed by atoms with Crippen LogP contribution in [0.1, 0.15) is 32.3 Å². The monoisotopic (exact) mass is 279 g/mol. The molecule has 0 unspecified atom stereocenters. The third-order valence-corrected chi connectivity index (χ3v) is 2.83. The van der Waals surface area contributed by atoms with Crippen LogP contribution in [0.25, 0.3) is 0 Å². The number of nitro benzene ring substituents is 1. The molecule has 0 radical (unpaired) electrons. The molecule has 1 rings (SSSR count). The van der Waals surface area contributed by atoms with Crippen molar-refractivity contribution in [3.05, 3.63) is 33.9 Å². The van der Waals surface area contributed by atoms with Crippen LogP contribution in [-0.2, 0) is 4.79 Å². The van der Waals surface area contributed by atoms with E-state index < -0.39 is 4.92 Å². The number of non-ortho nitro benzene ring substituents is 1. The van der Waals surface area contributed by atoms with Gasteiger partial charge < -0.3 is 10.6 Å². The van der Waals surface area contributed by atoms with Crippen LogP contribution < -0.4 is 10.6 Å². The first-order valence-electron chi connectivity index (χ1n) is 6.68. The van der Waals surface area contributed by atoms with Crippen LogP contribution in [0.15, 0.2) is 18.2 Å². The summed E-state index contributed by atoms with van der Waals surface area (Å²) in [6.45, 7) is 6.65. The molecule has 0 spiro atoms. The highest BCUT2D eigenvalue weighted by atomic mass is 16.6. The van der Waals surface area contributed by atoms with Crippen molar-refractivity contribution in [3.63, 3.8) is 0 Å². The van der Waals surface area contributed by atoms with Crippen molar-refractivity contribution in [1.29, 1.82) is 0 Å². The van der Waals surface area contributed by atoms with E-state index in [0.29, 0.717) is 23.7 Å². The fourth-order valence-electron chi connectivity index (χ4n) is 1.75. The number of carbonyl (C=O) groups excluding carboxylic acids is 1. The molecule has 0 atom stereocenters. The van der Waals surface area contributed by atoms with Gasteiger partial charge in [0.1, 0.15) is 0 Å². The van der Waals surface area contributed by atoms with E-state index in [-0.39, 0.29) is 11.6 Å². The molecule has 0 aromatic heterocycles. The normalized spacial score (nSPS) is 10.6. The zero-order valence-corrected chi connectivity index (χ0v) is 12.1. The minimum atomic E-state index is -0.448. The second-order valence-electron chi connectivity index (χ2n) is 5.02.